The molecule has 0 N–H and O–H groups in total. The summed E-state index contributed by atoms with van der Waals surface area (Å²) in [6, 6.07) is 7.92. The van der Waals surface area contributed by atoms with Gasteiger partial charge in [0.1, 0.15) is 11.5 Å². The van der Waals surface area contributed by atoms with E-state index in [2.05, 4.69) is 34.6 Å². The molecule has 35 heavy (non-hydrogen) atoms. The molecule has 192 valence electrons. The Bertz CT molecular complexity index is 1010. The summed E-state index contributed by atoms with van der Waals surface area (Å²) in [6.07, 6.45) is 10.1. The molecule has 4 nitrogen and oxygen atoms in total. The number of benzene rings is 2. The van der Waals surface area contributed by atoms with Crippen LogP contribution in [0.25, 0.3) is 10.8 Å². The average Bonchev–Trinajstić information content (AvgIpc) is 2.86. The minimum absolute atomic E-state index is 0.0896. The van der Waals surface area contributed by atoms with E-state index in [-0.39, 0.29) is 23.8 Å². The molecular formula is C31H44O4. The first-order valence-electron chi connectivity index (χ1n) is 13.9. The van der Waals surface area contributed by atoms with Crippen LogP contribution in [0.15, 0.2) is 24.3 Å². The molecule has 2 aromatic carbocycles. The lowest BCUT2D eigenvalue weighted by Gasteiger charge is -2.28. The molecular weight excluding hydrogens is 436 g/mol. The van der Waals surface area contributed by atoms with Gasteiger partial charge in [0, 0.05) is 21.9 Å². The molecule has 1 aliphatic rings. The maximum atomic E-state index is 13.2. The average molecular weight is 481 g/mol. The van der Waals surface area contributed by atoms with Crippen LogP contribution in [0.4, 0.5) is 0 Å². The highest BCUT2D eigenvalue weighted by atomic mass is 16.5. The van der Waals surface area contributed by atoms with Crippen LogP contribution in [0, 0.1) is 17.8 Å². The molecule has 0 heterocycles. The van der Waals surface area contributed by atoms with Crippen molar-refractivity contribution in [2.24, 2.45) is 17.8 Å². The van der Waals surface area contributed by atoms with Gasteiger partial charge in [-0.3, -0.25) is 9.59 Å². The third kappa shape index (κ3) is 6.45. The van der Waals surface area contributed by atoms with Gasteiger partial charge in [0.25, 0.3) is 0 Å². The van der Waals surface area contributed by atoms with Crippen molar-refractivity contribution in [1.29, 1.82) is 0 Å². The molecule has 0 radical (unpaired) electrons. The fraction of sp³-hybridized carbons (Fsp3) is 0.613. The van der Waals surface area contributed by atoms with E-state index in [1.807, 2.05) is 24.3 Å². The molecule has 0 aliphatic heterocycles. The second kappa shape index (κ2) is 13.1. The van der Waals surface area contributed by atoms with Gasteiger partial charge in [0.15, 0.2) is 0 Å². The van der Waals surface area contributed by atoms with Gasteiger partial charge < -0.3 is 9.47 Å². The van der Waals surface area contributed by atoms with E-state index >= 15 is 0 Å². The van der Waals surface area contributed by atoms with Crippen LogP contribution in [-0.4, -0.2) is 11.9 Å². The smallest absolute Gasteiger partial charge is 0.314 e. The van der Waals surface area contributed by atoms with E-state index in [1.54, 1.807) is 0 Å². The number of rotatable bonds is 12. The SMILES string of the molecule is CCCCC(CC)C(=O)Oc1c2c(c(OC(=O)C(CC)CCCC)c3ccccc13)CC(C)CC2. The lowest BCUT2D eigenvalue weighted by Crippen LogP contribution is -2.24. The second-order valence-corrected chi connectivity index (χ2v) is 10.3. The third-order valence-corrected chi connectivity index (χ3v) is 7.64. The molecule has 4 heteroatoms. The Kier molecular flexibility index (Phi) is 10.2. The van der Waals surface area contributed by atoms with Crippen LogP contribution in [0.3, 0.4) is 0 Å². The minimum atomic E-state index is -0.137. The summed E-state index contributed by atoms with van der Waals surface area (Å²) in [5.74, 6) is 1.39. The van der Waals surface area contributed by atoms with E-state index in [9.17, 15) is 9.59 Å². The molecule has 0 spiro atoms. The number of fused-ring (bicyclic) bond motifs is 2. The minimum Gasteiger partial charge on any atom is -0.425 e. The largest absolute Gasteiger partial charge is 0.425 e. The van der Waals surface area contributed by atoms with Crippen molar-refractivity contribution in [3.05, 3.63) is 35.4 Å². The maximum Gasteiger partial charge on any atom is 0.314 e. The number of carbonyl (C=O) groups excluding carboxylic acids is 2. The van der Waals surface area contributed by atoms with Crippen LogP contribution in [0.2, 0.25) is 0 Å². The Balaban J connectivity index is 2.06. The van der Waals surface area contributed by atoms with Crippen LogP contribution < -0.4 is 9.47 Å². The summed E-state index contributed by atoms with van der Waals surface area (Å²) >= 11 is 0. The highest BCUT2D eigenvalue weighted by Gasteiger charge is 2.30. The van der Waals surface area contributed by atoms with Gasteiger partial charge in [-0.2, -0.15) is 0 Å². The normalized spacial score (nSPS) is 17.0. The van der Waals surface area contributed by atoms with Crippen molar-refractivity contribution in [1.82, 2.24) is 0 Å². The van der Waals surface area contributed by atoms with Gasteiger partial charge in [0.05, 0.1) is 11.8 Å². The highest BCUT2D eigenvalue weighted by molar-refractivity contribution is 5.99. The monoisotopic (exact) mass is 480 g/mol. The fourth-order valence-corrected chi connectivity index (χ4v) is 5.28. The van der Waals surface area contributed by atoms with E-state index in [0.717, 1.165) is 92.5 Å². The Morgan fingerprint density at radius 1 is 0.829 bits per heavy atom. The lowest BCUT2D eigenvalue weighted by atomic mass is 9.82. The van der Waals surface area contributed by atoms with Crippen LogP contribution in [0.5, 0.6) is 11.5 Å². The quantitative estimate of drug-likeness (QED) is 0.227. The van der Waals surface area contributed by atoms with Crippen molar-refractivity contribution < 1.29 is 19.1 Å². The second-order valence-electron chi connectivity index (χ2n) is 10.3. The number of esters is 2. The van der Waals surface area contributed by atoms with Crippen molar-refractivity contribution >= 4 is 22.7 Å². The van der Waals surface area contributed by atoms with E-state index in [4.69, 9.17) is 9.47 Å². The van der Waals surface area contributed by atoms with E-state index in [0.29, 0.717) is 17.4 Å². The van der Waals surface area contributed by atoms with Crippen molar-refractivity contribution in [2.75, 3.05) is 0 Å². The van der Waals surface area contributed by atoms with Gasteiger partial charge in [-0.05, 0) is 50.9 Å². The Morgan fingerprint density at radius 2 is 1.31 bits per heavy atom. The standard InChI is InChI=1S/C31H44O4/c1-6-10-14-22(8-3)30(32)34-28-24-16-12-13-17-25(24)29(27-20-21(5)18-19-26(27)28)35-31(33)23(9-4)15-11-7-2/h12-13,16-17,21-23H,6-11,14-15,18-20H2,1-5H3. The molecule has 0 saturated heterocycles. The number of carbonyl (C=O) groups is 2. The summed E-state index contributed by atoms with van der Waals surface area (Å²) in [4.78, 5) is 26.5. The summed E-state index contributed by atoms with van der Waals surface area (Å²) < 4.78 is 12.4. The fourth-order valence-electron chi connectivity index (χ4n) is 5.28. The Hall–Kier alpha value is -2.36. The molecule has 3 unspecified atom stereocenters. The molecule has 3 rings (SSSR count). The summed E-state index contributed by atoms with van der Waals surface area (Å²) in [7, 11) is 0. The Labute approximate surface area is 211 Å². The van der Waals surface area contributed by atoms with Crippen LogP contribution in [-0.2, 0) is 22.4 Å². The van der Waals surface area contributed by atoms with E-state index in [1.165, 1.54) is 0 Å². The molecule has 0 saturated carbocycles. The molecule has 0 fully saturated rings. The van der Waals surface area contributed by atoms with Crippen molar-refractivity contribution in [2.45, 2.75) is 105 Å². The van der Waals surface area contributed by atoms with Crippen molar-refractivity contribution in [3.8, 4) is 11.5 Å². The molecule has 0 bridgehead atoms. The topological polar surface area (TPSA) is 52.6 Å². The molecule has 0 aromatic heterocycles. The molecule has 0 amide bonds. The highest BCUT2D eigenvalue weighted by Crippen LogP contribution is 2.46. The number of ether oxygens (including phenoxy) is 2. The summed E-state index contributed by atoms with van der Waals surface area (Å²) in [5.41, 5.74) is 2.09. The first kappa shape index (κ1) is 27.2. The first-order chi connectivity index (χ1) is 16.9. The zero-order valence-electron chi connectivity index (χ0n) is 22.5. The number of hydrogen-bond acceptors (Lipinski definition) is 4. The zero-order chi connectivity index (χ0) is 25.4. The van der Waals surface area contributed by atoms with Crippen LogP contribution >= 0.6 is 0 Å². The number of unbranched alkanes of at least 4 members (excludes halogenated alkanes) is 2. The number of hydrogen-bond donors (Lipinski definition) is 0. The predicted octanol–water partition coefficient (Wildman–Crippen LogP) is 8.21. The van der Waals surface area contributed by atoms with Gasteiger partial charge in [-0.25, -0.2) is 0 Å². The lowest BCUT2D eigenvalue weighted by molar-refractivity contribution is -0.140. The van der Waals surface area contributed by atoms with Gasteiger partial charge >= 0.3 is 11.9 Å². The predicted molar refractivity (Wildman–Crippen MR) is 143 cm³/mol. The molecule has 3 atom stereocenters. The zero-order valence-corrected chi connectivity index (χ0v) is 22.5. The van der Waals surface area contributed by atoms with E-state index < -0.39 is 0 Å². The van der Waals surface area contributed by atoms with Gasteiger partial charge in [-0.1, -0.05) is 84.6 Å². The Morgan fingerprint density at radius 3 is 1.77 bits per heavy atom. The third-order valence-electron chi connectivity index (χ3n) is 7.64. The van der Waals surface area contributed by atoms with Crippen molar-refractivity contribution in [3.63, 3.8) is 0 Å². The molecule has 1 aliphatic carbocycles. The van der Waals surface area contributed by atoms with Gasteiger partial charge in [0.2, 0.25) is 0 Å². The summed E-state index contributed by atoms with van der Waals surface area (Å²) in [5, 5.41) is 1.73. The summed E-state index contributed by atoms with van der Waals surface area (Å²) in [6.45, 7) is 10.6. The van der Waals surface area contributed by atoms with Gasteiger partial charge in [-0.15, -0.1) is 0 Å². The molecule has 2 aromatic rings. The van der Waals surface area contributed by atoms with Crippen LogP contribution in [0.1, 0.15) is 104 Å². The first-order valence-corrected chi connectivity index (χ1v) is 13.9. The maximum absolute atomic E-state index is 13.2.